The fraction of sp³-hybridized carbons (Fsp3) is 0.667. The number of aryl methyl sites for hydroxylation is 1. The molecule has 1 aromatic heterocycles. The highest BCUT2D eigenvalue weighted by Crippen LogP contribution is 2.26. The van der Waals surface area contributed by atoms with E-state index in [9.17, 15) is 9.90 Å². The molecule has 0 radical (unpaired) electrons. The molecule has 1 fully saturated rings. The van der Waals surface area contributed by atoms with E-state index in [4.69, 9.17) is 5.73 Å². The fourth-order valence-electron chi connectivity index (χ4n) is 2.70. The SMILES string of the molecule is Cc1nc(N(C)C)nc(N2C[C@H](N)CC[C@H](C(=O)O)C2)c1C. The van der Waals surface area contributed by atoms with Crippen LogP contribution < -0.4 is 15.5 Å². The molecule has 0 spiro atoms. The maximum absolute atomic E-state index is 11.4. The lowest BCUT2D eigenvalue weighted by Crippen LogP contribution is -2.39. The standard InChI is InChI=1S/C15H25N5O2/c1-9-10(2)17-15(19(3)4)18-13(9)20-7-11(14(21)22)5-6-12(16)8-20/h11-12H,5-8,16H2,1-4H3,(H,21,22)/t11-,12+/m0/s1. The Hall–Kier alpha value is -1.89. The van der Waals surface area contributed by atoms with Gasteiger partial charge in [-0.1, -0.05) is 0 Å². The Kier molecular flexibility index (Phi) is 4.85. The van der Waals surface area contributed by atoms with E-state index in [1.807, 2.05) is 37.7 Å². The highest BCUT2D eigenvalue weighted by Gasteiger charge is 2.29. The Balaban J connectivity index is 2.41. The van der Waals surface area contributed by atoms with Crippen molar-refractivity contribution in [2.75, 3.05) is 37.0 Å². The summed E-state index contributed by atoms with van der Waals surface area (Å²) in [4.78, 5) is 24.3. The van der Waals surface area contributed by atoms with Gasteiger partial charge in [-0.15, -0.1) is 0 Å². The highest BCUT2D eigenvalue weighted by molar-refractivity contribution is 5.71. The molecule has 2 heterocycles. The topological polar surface area (TPSA) is 95.6 Å². The van der Waals surface area contributed by atoms with Gasteiger partial charge in [-0.3, -0.25) is 4.79 Å². The van der Waals surface area contributed by atoms with E-state index in [-0.39, 0.29) is 6.04 Å². The number of aromatic nitrogens is 2. The molecule has 2 rings (SSSR count). The van der Waals surface area contributed by atoms with Crippen LogP contribution in [0, 0.1) is 19.8 Å². The van der Waals surface area contributed by atoms with Crippen LogP contribution in [0.5, 0.6) is 0 Å². The molecule has 3 N–H and O–H groups in total. The predicted molar refractivity (Wildman–Crippen MR) is 86.4 cm³/mol. The monoisotopic (exact) mass is 307 g/mol. The fourth-order valence-corrected chi connectivity index (χ4v) is 2.70. The largest absolute Gasteiger partial charge is 0.481 e. The molecule has 1 saturated heterocycles. The van der Waals surface area contributed by atoms with Gasteiger partial charge in [-0.25, -0.2) is 4.98 Å². The molecule has 0 bridgehead atoms. The smallest absolute Gasteiger partial charge is 0.308 e. The van der Waals surface area contributed by atoms with Crippen molar-refractivity contribution >= 4 is 17.7 Å². The zero-order valence-electron chi connectivity index (χ0n) is 13.7. The summed E-state index contributed by atoms with van der Waals surface area (Å²) in [7, 11) is 3.78. The van der Waals surface area contributed by atoms with Crippen LogP contribution in [0.2, 0.25) is 0 Å². The molecule has 0 aromatic carbocycles. The van der Waals surface area contributed by atoms with Gasteiger partial charge in [0.05, 0.1) is 5.92 Å². The van der Waals surface area contributed by atoms with Gasteiger partial charge in [-0.2, -0.15) is 4.98 Å². The number of hydrogen-bond acceptors (Lipinski definition) is 6. The lowest BCUT2D eigenvalue weighted by molar-refractivity contribution is -0.141. The summed E-state index contributed by atoms with van der Waals surface area (Å²) in [5.74, 6) is 0.240. The molecule has 122 valence electrons. The molecule has 0 unspecified atom stereocenters. The first-order valence-electron chi connectivity index (χ1n) is 7.55. The second kappa shape index (κ2) is 6.48. The number of anilines is 2. The zero-order chi connectivity index (χ0) is 16.4. The van der Waals surface area contributed by atoms with Crippen molar-refractivity contribution in [2.24, 2.45) is 11.7 Å². The molecular weight excluding hydrogens is 282 g/mol. The Labute approximate surface area is 131 Å². The number of nitrogens with two attached hydrogens (primary N) is 1. The van der Waals surface area contributed by atoms with Crippen molar-refractivity contribution in [3.63, 3.8) is 0 Å². The number of carboxylic acid groups (broad SMARTS) is 1. The first-order chi connectivity index (χ1) is 10.3. The average molecular weight is 307 g/mol. The summed E-state index contributed by atoms with van der Waals surface area (Å²) in [5.41, 5.74) is 8.00. The van der Waals surface area contributed by atoms with Gasteiger partial charge in [0.15, 0.2) is 0 Å². The Morgan fingerprint density at radius 1 is 1.27 bits per heavy atom. The summed E-state index contributed by atoms with van der Waals surface area (Å²) >= 11 is 0. The molecule has 0 aliphatic carbocycles. The molecule has 0 amide bonds. The predicted octanol–water partition coefficient (Wildman–Crippen LogP) is 0.788. The number of aliphatic carboxylic acids is 1. The minimum absolute atomic E-state index is 0.0400. The number of carbonyl (C=O) groups is 1. The van der Waals surface area contributed by atoms with E-state index in [1.54, 1.807) is 0 Å². The highest BCUT2D eigenvalue weighted by atomic mass is 16.4. The maximum Gasteiger partial charge on any atom is 0.308 e. The average Bonchev–Trinajstić information content (AvgIpc) is 2.63. The van der Waals surface area contributed by atoms with E-state index >= 15 is 0 Å². The van der Waals surface area contributed by atoms with Crippen LogP contribution in [0.15, 0.2) is 0 Å². The van der Waals surface area contributed by atoms with Crippen LogP contribution in [0.3, 0.4) is 0 Å². The number of rotatable bonds is 3. The van der Waals surface area contributed by atoms with Crippen molar-refractivity contribution in [1.82, 2.24) is 9.97 Å². The second-order valence-electron chi connectivity index (χ2n) is 6.23. The quantitative estimate of drug-likeness (QED) is 0.852. The van der Waals surface area contributed by atoms with Gasteiger partial charge in [0.1, 0.15) is 5.82 Å². The molecule has 1 aliphatic heterocycles. The van der Waals surface area contributed by atoms with Gasteiger partial charge >= 0.3 is 5.97 Å². The normalized spacial score (nSPS) is 22.3. The van der Waals surface area contributed by atoms with Gasteiger partial charge in [0.25, 0.3) is 0 Å². The molecule has 1 aromatic rings. The third kappa shape index (κ3) is 3.47. The van der Waals surface area contributed by atoms with Crippen molar-refractivity contribution in [2.45, 2.75) is 32.7 Å². The first kappa shape index (κ1) is 16.5. The summed E-state index contributed by atoms with van der Waals surface area (Å²) in [5, 5.41) is 9.37. The van der Waals surface area contributed by atoms with Crippen molar-refractivity contribution in [3.05, 3.63) is 11.3 Å². The maximum atomic E-state index is 11.4. The minimum atomic E-state index is -0.768. The zero-order valence-corrected chi connectivity index (χ0v) is 13.7. The van der Waals surface area contributed by atoms with Crippen LogP contribution in [0.1, 0.15) is 24.1 Å². The van der Waals surface area contributed by atoms with Crippen LogP contribution in [0.4, 0.5) is 11.8 Å². The molecule has 7 heteroatoms. The summed E-state index contributed by atoms with van der Waals surface area (Å²) in [6, 6.07) is -0.0400. The van der Waals surface area contributed by atoms with E-state index in [2.05, 4.69) is 9.97 Å². The summed E-state index contributed by atoms with van der Waals surface area (Å²) < 4.78 is 0. The number of nitrogens with zero attached hydrogens (tertiary/aromatic N) is 4. The Morgan fingerprint density at radius 3 is 2.55 bits per heavy atom. The summed E-state index contributed by atoms with van der Waals surface area (Å²) in [6.07, 6.45) is 1.33. The Morgan fingerprint density at radius 2 is 1.95 bits per heavy atom. The molecule has 2 atom stereocenters. The minimum Gasteiger partial charge on any atom is -0.481 e. The van der Waals surface area contributed by atoms with Gasteiger partial charge in [0, 0.05) is 44.5 Å². The third-order valence-corrected chi connectivity index (χ3v) is 4.18. The second-order valence-corrected chi connectivity index (χ2v) is 6.23. The van der Waals surface area contributed by atoms with E-state index in [0.717, 1.165) is 23.5 Å². The van der Waals surface area contributed by atoms with Gasteiger partial charge in [0.2, 0.25) is 5.95 Å². The van der Waals surface area contributed by atoms with Crippen LogP contribution in [0.25, 0.3) is 0 Å². The lowest BCUT2D eigenvalue weighted by Gasteiger charge is -2.28. The van der Waals surface area contributed by atoms with Crippen molar-refractivity contribution in [1.29, 1.82) is 0 Å². The lowest BCUT2D eigenvalue weighted by atomic mass is 10.0. The van der Waals surface area contributed by atoms with E-state index in [0.29, 0.717) is 25.5 Å². The molecule has 7 nitrogen and oxygen atoms in total. The summed E-state index contributed by atoms with van der Waals surface area (Å²) in [6.45, 7) is 4.97. The molecular formula is C15H25N5O2. The van der Waals surface area contributed by atoms with E-state index in [1.165, 1.54) is 0 Å². The van der Waals surface area contributed by atoms with Crippen molar-refractivity contribution in [3.8, 4) is 0 Å². The van der Waals surface area contributed by atoms with Crippen LogP contribution in [-0.4, -0.2) is 54.3 Å². The van der Waals surface area contributed by atoms with Crippen LogP contribution in [-0.2, 0) is 4.79 Å². The first-order valence-corrected chi connectivity index (χ1v) is 7.55. The third-order valence-electron chi connectivity index (χ3n) is 4.18. The van der Waals surface area contributed by atoms with E-state index < -0.39 is 11.9 Å². The Bertz CT molecular complexity index is 561. The number of carboxylic acids is 1. The van der Waals surface area contributed by atoms with Gasteiger partial charge in [-0.05, 0) is 26.7 Å². The molecule has 0 saturated carbocycles. The molecule has 22 heavy (non-hydrogen) atoms. The number of hydrogen-bond donors (Lipinski definition) is 2. The molecule has 1 aliphatic rings. The van der Waals surface area contributed by atoms with Gasteiger partial charge < -0.3 is 20.6 Å². The van der Waals surface area contributed by atoms with Crippen LogP contribution >= 0.6 is 0 Å². The van der Waals surface area contributed by atoms with Crippen molar-refractivity contribution < 1.29 is 9.90 Å².